The monoisotopic (exact) mass is 398 g/mol. The van der Waals surface area contributed by atoms with Gasteiger partial charge in [0.15, 0.2) is 0 Å². The molecule has 4 rings (SSSR count). The minimum absolute atomic E-state index is 0.152. The standard InChI is InChI=1S/C18H11BrN2O2S/c19-13-6-7-16-12(8-13)9-14(17(21-22)23-16)18-20-15(10-24-18)11-4-2-1-3-5-11/h1-10,22H/b21-17-. The van der Waals surface area contributed by atoms with E-state index in [0.717, 1.165) is 26.1 Å². The zero-order valence-corrected chi connectivity index (χ0v) is 14.7. The van der Waals surface area contributed by atoms with Gasteiger partial charge in [-0.05, 0) is 29.4 Å². The van der Waals surface area contributed by atoms with Crippen LogP contribution in [0.25, 0.3) is 32.8 Å². The van der Waals surface area contributed by atoms with E-state index in [1.165, 1.54) is 11.3 Å². The Kier molecular flexibility index (Phi) is 3.92. The van der Waals surface area contributed by atoms with Crippen molar-refractivity contribution in [2.45, 2.75) is 0 Å². The van der Waals surface area contributed by atoms with Gasteiger partial charge in [0.25, 0.3) is 5.55 Å². The Morgan fingerprint density at radius 1 is 1.08 bits per heavy atom. The van der Waals surface area contributed by atoms with E-state index in [9.17, 15) is 5.21 Å². The lowest BCUT2D eigenvalue weighted by Crippen LogP contribution is -2.05. The van der Waals surface area contributed by atoms with Crippen molar-refractivity contribution in [1.29, 1.82) is 0 Å². The molecular weight excluding hydrogens is 388 g/mol. The summed E-state index contributed by atoms with van der Waals surface area (Å²) in [5.41, 5.74) is 3.39. The van der Waals surface area contributed by atoms with Crippen LogP contribution < -0.4 is 5.55 Å². The van der Waals surface area contributed by atoms with Crippen LogP contribution in [-0.4, -0.2) is 10.2 Å². The average molecular weight is 399 g/mol. The van der Waals surface area contributed by atoms with Gasteiger partial charge in [0.1, 0.15) is 10.6 Å². The molecule has 2 aromatic carbocycles. The largest absolute Gasteiger partial charge is 0.435 e. The van der Waals surface area contributed by atoms with Crippen LogP contribution in [0.3, 0.4) is 0 Å². The number of hydrogen-bond donors (Lipinski definition) is 1. The Morgan fingerprint density at radius 3 is 2.71 bits per heavy atom. The molecule has 6 heteroatoms. The molecule has 0 aliphatic heterocycles. The first-order chi connectivity index (χ1) is 11.7. The van der Waals surface area contributed by atoms with Crippen LogP contribution in [0.5, 0.6) is 0 Å². The van der Waals surface area contributed by atoms with Crippen LogP contribution in [0, 0.1) is 0 Å². The minimum atomic E-state index is 0.152. The van der Waals surface area contributed by atoms with Gasteiger partial charge in [0, 0.05) is 20.8 Å². The molecule has 0 saturated heterocycles. The summed E-state index contributed by atoms with van der Waals surface area (Å²) in [6, 6.07) is 17.5. The number of benzene rings is 2. The molecule has 1 N–H and O–H groups in total. The molecule has 0 spiro atoms. The second-order valence-corrected chi connectivity index (χ2v) is 6.93. The highest BCUT2D eigenvalue weighted by Gasteiger charge is 2.12. The van der Waals surface area contributed by atoms with Gasteiger partial charge in [-0.15, -0.1) is 11.3 Å². The molecule has 0 atom stereocenters. The molecule has 0 radical (unpaired) electrons. The van der Waals surface area contributed by atoms with Gasteiger partial charge in [0.2, 0.25) is 0 Å². The molecule has 2 heterocycles. The molecule has 118 valence electrons. The molecule has 0 bridgehead atoms. The van der Waals surface area contributed by atoms with E-state index in [-0.39, 0.29) is 5.55 Å². The number of hydrogen-bond acceptors (Lipinski definition) is 5. The van der Waals surface area contributed by atoms with Gasteiger partial charge < -0.3 is 9.62 Å². The summed E-state index contributed by atoms with van der Waals surface area (Å²) in [4.78, 5) is 4.66. The highest BCUT2D eigenvalue weighted by atomic mass is 79.9. The van der Waals surface area contributed by atoms with E-state index in [2.05, 4.69) is 26.1 Å². The normalized spacial score (nSPS) is 12.0. The number of halogens is 1. The first-order valence-electron chi connectivity index (χ1n) is 7.17. The Morgan fingerprint density at radius 2 is 1.92 bits per heavy atom. The Balaban J connectivity index is 1.89. The second-order valence-electron chi connectivity index (χ2n) is 5.15. The molecule has 0 aliphatic rings. The summed E-state index contributed by atoms with van der Waals surface area (Å²) in [5, 5.41) is 16.2. The van der Waals surface area contributed by atoms with Crippen LogP contribution in [0.2, 0.25) is 0 Å². The van der Waals surface area contributed by atoms with E-state index >= 15 is 0 Å². The third-order valence-corrected chi connectivity index (χ3v) is 4.97. The fraction of sp³-hybridized carbons (Fsp3) is 0. The number of aromatic nitrogens is 1. The number of fused-ring (bicyclic) bond motifs is 1. The zero-order valence-electron chi connectivity index (χ0n) is 12.3. The van der Waals surface area contributed by atoms with Gasteiger partial charge >= 0.3 is 0 Å². The Bertz CT molecular complexity index is 1090. The Labute approximate surface area is 149 Å². The molecule has 0 aliphatic carbocycles. The van der Waals surface area contributed by atoms with Crippen molar-refractivity contribution in [3.63, 3.8) is 0 Å². The van der Waals surface area contributed by atoms with Crippen molar-refractivity contribution in [2.24, 2.45) is 5.16 Å². The van der Waals surface area contributed by atoms with Gasteiger partial charge in [-0.2, -0.15) is 0 Å². The number of thiazole rings is 1. The third kappa shape index (κ3) is 2.74. The fourth-order valence-corrected chi connectivity index (χ4v) is 3.68. The second kappa shape index (κ2) is 6.22. The molecular formula is C18H11BrN2O2S. The topological polar surface area (TPSA) is 58.6 Å². The summed E-state index contributed by atoms with van der Waals surface area (Å²) >= 11 is 4.94. The number of nitrogens with zero attached hydrogens (tertiary/aromatic N) is 2. The van der Waals surface area contributed by atoms with Crippen molar-refractivity contribution in [3.8, 4) is 21.8 Å². The Hall–Kier alpha value is -2.44. The van der Waals surface area contributed by atoms with Crippen molar-refractivity contribution in [1.82, 2.24) is 4.98 Å². The lowest BCUT2D eigenvalue weighted by atomic mass is 10.1. The lowest BCUT2D eigenvalue weighted by molar-refractivity contribution is 0.277. The zero-order chi connectivity index (χ0) is 16.5. The van der Waals surface area contributed by atoms with Crippen LogP contribution in [0.1, 0.15) is 0 Å². The maximum absolute atomic E-state index is 9.32. The predicted molar refractivity (Wildman–Crippen MR) is 97.8 cm³/mol. The van der Waals surface area contributed by atoms with E-state index in [1.807, 2.05) is 60.0 Å². The van der Waals surface area contributed by atoms with Crippen LogP contribution in [0.4, 0.5) is 0 Å². The fourth-order valence-electron chi connectivity index (χ4n) is 2.47. The first-order valence-corrected chi connectivity index (χ1v) is 8.85. The quantitative estimate of drug-likeness (QED) is 0.369. The van der Waals surface area contributed by atoms with Gasteiger partial charge in [-0.1, -0.05) is 46.3 Å². The summed E-state index contributed by atoms with van der Waals surface area (Å²) in [6.45, 7) is 0. The van der Waals surface area contributed by atoms with Crippen molar-refractivity contribution in [2.75, 3.05) is 0 Å². The van der Waals surface area contributed by atoms with Crippen molar-refractivity contribution < 1.29 is 9.62 Å². The lowest BCUT2D eigenvalue weighted by Gasteiger charge is -2.02. The van der Waals surface area contributed by atoms with E-state index in [1.54, 1.807) is 0 Å². The highest BCUT2D eigenvalue weighted by molar-refractivity contribution is 9.10. The molecule has 0 fully saturated rings. The van der Waals surface area contributed by atoms with Crippen LogP contribution in [-0.2, 0) is 0 Å². The first kappa shape index (κ1) is 15.1. The molecule has 24 heavy (non-hydrogen) atoms. The van der Waals surface area contributed by atoms with Crippen LogP contribution >= 0.6 is 27.3 Å². The summed E-state index contributed by atoms with van der Waals surface area (Å²) in [7, 11) is 0. The SMILES string of the molecule is O/N=c1\oc2ccc(Br)cc2cc1-c1nc(-c2ccccc2)cs1. The van der Waals surface area contributed by atoms with E-state index in [0.29, 0.717) is 11.1 Å². The molecule has 2 aromatic heterocycles. The smallest absolute Gasteiger partial charge is 0.265 e. The summed E-state index contributed by atoms with van der Waals surface area (Å²) < 4.78 is 6.65. The summed E-state index contributed by atoms with van der Waals surface area (Å²) in [5.74, 6) is 0. The molecule has 4 nitrogen and oxygen atoms in total. The third-order valence-electron chi connectivity index (χ3n) is 3.60. The van der Waals surface area contributed by atoms with Gasteiger partial charge in [-0.25, -0.2) is 4.98 Å². The maximum atomic E-state index is 9.32. The molecule has 0 amide bonds. The van der Waals surface area contributed by atoms with Gasteiger partial charge in [-0.3, -0.25) is 0 Å². The number of rotatable bonds is 2. The molecule has 0 saturated carbocycles. The maximum Gasteiger partial charge on any atom is 0.265 e. The minimum Gasteiger partial charge on any atom is -0.435 e. The van der Waals surface area contributed by atoms with E-state index < -0.39 is 0 Å². The average Bonchev–Trinajstić information content (AvgIpc) is 3.11. The van der Waals surface area contributed by atoms with E-state index in [4.69, 9.17) is 4.42 Å². The van der Waals surface area contributed by atoms with Gasteiger partial charge in [0.05, 0.1) is 11.3 Å². The van der Waals surface area contributed by atoms with Crippen LogP contribution in [0.15, 0.2) is 74.0 Å². The summed E-state index contributed by atoms with van der Waals surface area (Å²) in [6.07, 6.45) is 0. The predicted octanol–water partition coefficient (Wildman–Crippen LogP) is 5.28. The molecule has 0 unspecified atom stereocenters. The molecule has 4 aromatic rings. The highest BCUT2D eigenvalue weighted by Crippen LogP contribution is 2.29. The van der Waals surface area contributed by atoms with Crippen molar-refractivity contribution >= 4 is 38.2 Å². The van der Waals surface area contributed by atoms with Crippen molar-refractivity contribution in [3.05, 3.63) is 70.0 Å².